The van der Waals surface area contributed by atoms with Crippen molar-refractivity contribution in [2.45, 2.75) is 18.8 Å². The number of nitro benzene ring substituents is 1. The van der Waals surface area contributed by atoms with Crippen LogP contribution in [0.25, 0.3) is 11.1 Å². The molecule has 2 heterocycles. The van der Waals surface area contributed by atoms with Crippen molar-refractivity contribution >= 4 is 28.6 Å². The molecule has 4 rings (SSSR count). The van der Waals surface area contributed by atoms with Crippen molar-refractivity contribution in [1.29, 1.82) is 0 Å². The summed E-state index contributed by atoms with van der Waals surface area (Å²) in [5.74, 6) is 0.140. The maximum Gasteiger partial charge on any atom is 0.270 e. The highest BCUT2D eigenvalue weighted by Gasteiger charge is 2.27. The monoisotopic (exact) mass is 408 g/mol. The molecule has 9 nitrogen and oxygen atoms in total. The van der Waals surface area contributed by atoms with Crippen LogP contribution >= 0.6 is 0 Å². The van der Waals surface area contributed by atoms with Crippen LogP contribution in [0.4, 0.5) is 5.69 Å². The molecule has 0 atom stereocenters. The number of nitrogens with zero attached hydrogens (tertiary/aromatic N) is 3. The molecule has 0 aliphatic carbocycles. The molecule has 2 amide bonds. The summed E-state index contributed by atoms with van der Waals surface area (Å²) in [6, 6.07) is 13.0. The van der Waals surface area contributed by atoms with Gasteiger partial charge in [0.2, 0.25) is 5.91 Å². The van der Waals surface area contributed by atoms with E-state index in [1.54, 1.807) is 4.90 Å². The van der Waals surface area contributed by atoms with Gasteiger partial charge in [-0.2, -0.15) is 0 Å². The number of aromatic nitrogens is 1. The van der Waals surface area contributed by atoms with Crippen molar-refractivity contribution in [3.05, 3.63) is 70.1 Å². The topological polar surface area (TPSA) is 119 Å². The van der Waals surface area contributed by atoms with Gasteiger partial charge in [-0.05, 0) is 31.0 Å². The second-order valence-corrected chi connectivity index (χ2v) is 7.17. The van der Waals surface area contributed by atoms with Gasteiger partial charge in [-0.3, -0.25) is 19.7 Å². The van der Waals surface area contributed by atoms with Crippen LogP contribution in [-0.2, 0) is 4.79 Å². The molecule has 30 heavy (non-hydrogen) atoms. The van der Waals surface area contributed by atoms with Gasteiger partial charge in [-0.15, -0.1) is 0 Å². The fourth-order valence-electron chi connectivity index (χ4n) is 3.57. The molecule has 1 fully saturated rings. The highest BCUT2D eigenvalue weighted by Crippen LogP contribution is 2.29. The molecule has 0 radical (unpaired) electrons. The molecule has 1 N–H and O–H groups in total. The van der Waals surface area contributed by atoms with Gasteiger partial charge in [-0.1, -0.05) is 18.2 Å². The van der Waals surface area contributed by atoms with Gasteiger partial charge in [0.25, 0.3) is 11.6 Å². The molecule has 1 saturated heterocycles. The van der Waals surface area contributed by atoms with Crippen molar-refractivity contribution in [3.63, 3.8) is 0 Å². The van der Waals surface area contributed by atoms with Gasteiger partial charge in [0, 0.05) is 36.7 Å². The van der Waals surface area contributed by atoms with Crippen molar-refractivity contribution in [2.24, 2.45) is 0 Å². The second-order valence-electron chi connectivity index (χ2n) is 7.17. The largest absolute Gasteiger partial charge is 0.440 e. The van der Waals surface area contributed by atoms with Crippen LogP contribution in [0.2, 0.25) is 0 Å². The first kappa shape index (κ1) is 19.6. The zero-order chi connectivity index (χ0) is 21.1. The minimum Gasteiger partial charge on any atom is -0.440 e. The number of non-ortho nitro benzene ring substituents is 1. The van der Waals surface area contributed by atoms with Gasteiger partial charge in [0.05, 0.1) is 11.5 Å². The van der Waals surface area contributed by atoms with E-state index in [1.807, 2.05) is 24.3 Å². The van der Waals surface area contributed by atoms with Gasteiger partial charge < -0.3 is 14.6 Å². The summed E-state index contributed by atoms with van der Waals surface area (Å²) in [6.45, 7) is 0.943. The molecule has 0 saturated carbocycles. The Morgan fingerprint density at radius 2 is 1.93 bits per heavy atom. The Hall–Kier alpha value is -3.75. The molecule has 9 heteroatoms. The van der Waals surface area contributed by atoms with Crippen LogP contribution in [0, 0.1) is 10.1 Å². The number of fused-ring (bicyclic) bond motifs is 1. The number of benzene rings is 2. The van der Waals surface area contributed by atoms with Crippen molar-refractivity contribution in [1.82, 2.24) is 15.2 Å². The number of carbonyl (C=O) groups is 2. The van der Waals surface area contributed by atoms with E-state index in [2.05, 4.69) is 10.3 Å². The number of rotatable bonds is 5. The molecular weight excluding hydrogens is 388 g/mol. The Balaban J connectivity index is 1.29. The highest BCUT2D eigenvalue weighted by molar-refractivity contribution is 5.97. The van der Waals surface area contributed by atoms with E-state index in [0.29, 0.717) is 19.0 Å². The summed E-state index contributed by atoms with van der Waals surface area (Å²) in [5.41, 5.74) is 1.56. The Labute approximate surface area is 171 Å². The summed E-state index contributed by atoms with van der Waals surface area (Å²) in [4.78, 5) is 41.2. The molecule has 1 aliphatic heterocycles. The van der Waals surface area contributed by atoms with Crippen molar-refractivity contribution in [3.8, 4) is 0 Å². The molecule has 1 aliphatic rings. The lowest BCUT2D eigenvalue weighted by Crippen LogP contribution is -2.43. The number of amides is 2. The maximum absolute atomic E-state index is 12.5. The van der Waals surface area contributed by atoms with Crippen LogP contribution in [0.15, 0.2) is 52.9 Å². The third kappa shape index (κ3) is 4.14. The van der Waals surface area contributed by atoms with Crippen LogP contribution in [0.1, 0.15) is 35.0 Å². The van der Waals surface area contributed by atoms with Crippen LogP contribution in [0.3, 0.4) is 0 Å². The van der Waals surface area contributed by atoms with Gasteiger partial charge in [0.1, 0.15) is 5.52 Å². The van der Waals surface area contributed by atoms with Crippen LogP contribution in [-0.4, -0.2) is 46.3 Å². The molecular formula is C21H20N4O5. The third-order valence-electron chi connectivity index (χ3n) is 5.23. The Bertz CT molecular complexity index is 1070. The van der Waals surface area contributed by atoms with E-state index in [-0.39, 0.29) is 29.6 Å². The molecule has 0 spiro atoms. The molecule has 3 aromatic rings. The van der Waals surface area contributed by atoms with Gasteiger partial charge >= 0.3 is 0 Å². The first-order valence-electron chi connectivity index (χ1n) is 9.67. The molecule has 1 aromatic heterocycles. The summed E-state index contributed by atoms with van der Waals surface area (Å²) in [5, 5.41) is 13.4. The number of para-hydroxylation sites is 2. The fourth-order valence-corrected chi connectivity index (χ4v) is 3.57. The average Bonchev–Trinajstić information content (AvgIpc) is 3.21. The smallest absolute Gasteiger partial charge is 0.270 e. The van der Waals surface area contributed by atoms with E-state index in [1.165, 1.54) is 24.3 Å². The third-order valence-corrected chi connectivity index (χ3v) is 5.23. The predicted molar refractivity (Wildman–Crippen MR) is 108 cm³/mol. The Morgan fingerprint density at radius 1 is 1.17 bits per heavy atom. The van der Waals surface area contributed by atoms with E-state index in [4.69, 9.17) is 4.42 Å². The quantitative estimate of drug-likeness (QED) is 0.512. The van der Waals surface area contributed by atoms with Gasteiger partial charge in [0.15, 0.2) is 11.5 Å². The zero-order valence-corrected chi connectivity index (χ0v) is 16.1. The zero-order valence-electron chi connectivity index (χ0n) is 16.1. The summed E-state index contributed by atoms with van der Waals surface area (Å²) in [6.07, 6.45) is 1.47. The predicted octanol–water partition coefficient (Wildman–Crippen LogP) is 2.87. The Morgan fingerprint density at radius 3 is 2.67 bits per heavy atom. The number of piperidine rings is 1. The summed E-state index contributed by atoms with van der Waals surface area (Å²) in [7, 11) is 0. The number of likely N-dealkylation sites (tertiary alicyclic amines) is 1. The summed E-state index contributed by atoms with van der Waals surface area (Å²) >= 11 is 0. The number of hydrogen-bond acceptors (Lipinski definition) is 6. The number of hydrogen-bond donors (Lipinski definition) is 1. The lowest BCUT2D eigenvalue weighted by molar-refractivity contribution is -0.384. The number of nitrogens with one attached hydrogen (secondary N) is 1. The SMILES string of the molecule is O=C(NCC(=O)N1CCC(c2nc3ccccc3o2)CC1)c1cccc([N+](=O)[O-])c1. The van der Waals surface area contributed by atoms with Crippen LogP contribution in [0.5, 0.6) is 0 Å². The van der Waals surface area contributed by atoms with Gasteiger partial charge in [-0.25, -0.2) is 4.98 Å². The van der Waals surface area contributed by atoms with Crippen molar-refractivity contribution in [2.75, 3.05) is 19.6 Å². The fraction of sp³-hybridized carbons (Fsp3) is 0.286. The number of nitro groups is 1. The van der Waals surface area contributed by atoms with E-state index >= 15 is 0 Å². The maximum atomic E-state index is 12.5. The number of carbonyl (C=O) groups excluding carboxylic acids is 2. The van der Waals surface area contributed by atoms with E-state index in [9.17, 15) is 19.7 Å². The minimum atomic E-state index is -0.567. The number of oxazole rings is 1. The second kappa shape index (κ2) is 8.32. The average molecular weight is 408 g/mol. The first-order chi connectivity index (χ1) is 14.5. The van der Waals surface area contributed by atoms with E-state index < -0.39 is 10.8 Å². The lowest BCUT2D eigenvalue weighted by atomic mass is 9.97. The highest BCUT2D eigenvalue weighted by atomic mass is 16.6. The molecule has 154 valence electrons. The summed E-state index contributed by atoms with van der Waals surface area (Å²) < 4.78 is 5.84. The standard InChI is InChI=1S/C21H20N4O5/c26-19(13-22-20(27)15-4-3-5-16(12-15)25(28)29)24-10-8-14(9-11-24)21-23-17-6-1-2-7-18(17)30-21/h1-7,12,14H,8-11,13H2,(H,22,27). The molecule has 2 aromatic carbocycles. The van der Waals surface area contributed by atoms with E-state index in [0.717, 1.165) is 23.9 Å². The molecule has 0 unspecified atom stereocenters. The lowest BCUT2D eigenvalue weighted by Gasteiger charge is -2.30. The van der Waals surface area contributed by atoms with Crippen LogP contribution < -0.4 is 5.32 Å². The molecule has 0 bridgehead atoms. The minimum absolute atomic E-state index is 0.145. The Kier molecular flexibility index (Phi) is 5.42. The first-order valence-corrected chi connectivity index (χ1v) is 9.67. The normalized spacial score (nSPS) is 14.6. The van der Waals surface area contributed by atoms with Crippen molar-refractivity contribution < 1.29 is 18.9 Å².